The van der Waals surface area contributed by atoms with E-state index in [-0.39, 0.29) is 11.8 Å². The fourth-order valence-electron chi connectivity index (χ4n) is 4.41. The minimum absolute atomic E-state index is 0.201. The van der Waals surface area contributed by atoms with E-state index in [0.29, 0.717) is 29.9 Å². The Labute approximate surface area is 175 Å². The number of piperidine rings is 1. The zero-order chi connectivity index (χ0) is 20.2. The SMILES string of the molecule is CCn1nccc1NC(=O)c1csc(C2CCN(C(=O)C3CCCCC3)CC2)n1. The van der Waals surface area contributed by atoms with Crippen molar-refractivity contribution < 1.29 is 9.59 Å². The number of hydrogen-bond acceptors (Lipinski definition) is 5. The summed E-state index contributed by atoms with van der Waals surface area (Å²) in [5, 5.41) is 9.89. The van der Waals surface area contributed by atoms with Crippen molar-refractivity contribution in [2.45, 2.75) is 64.3 Å². The van der Waals surface area contributed by atoms with E-state index in [1.54, 1.807) is 28.3 Å². The number of amides is 2. The first-order valence-corrected chi connectivity index (χ1v) is 11.6. The summed E-state index contributed by atoms with van der Waals surface area (Å²) >= 11 is 1.55. The Morgan fingerprint density at radius 3 is 2.66 bits per heavy atom. The van der Waals surface area contributed by atoms with Crippen molar-refractivity contribution in [3.8, 4) is 0 Å². The molecule has 1 N–H and O–H groups in total. The first kappa shape index (κ1) is 20.1. The average Bonchev–Trinajstić information content (AvgIpc) is 3.43. The molecule has 0 bridgehead atoms. The Balaban J connectivity index is 1.32. The first-order valence-electron chi connectivity index (χ1n) is 10.7. The third kappa shape index (κ3) is 4.52. The largest absolute Gasteiger partial charge is 0.342 e. The molecule has 7 nitrogen and oxygen atoms in total. The fourth-order valence-corrected chi connectivity index (χ4v) is 5.38. The number of nitrogens with one attached hydrogen (secondary N) is 1. The highest BCUT2D eigenvalue weighted by atomic mass is 32.1. The van der Waals surface area contributed by atoms with Crippen LogP contribution >= 0.6 is 11.3 Å². The van der Waals surface area contributed by atoms with Gasteiger partial charge in [-0.3, -0.25) is 9.59 Å². The summed E-state index contributed by atoms with van der Waals surface area (Å²) in [5.41, 5.74) is 0.453. The van der Waals surface area contributed by atoms with Gasteiger partial charge >= 0.3 is 0 Å². The van der Waals surface area contributed by atoms with Crippen molar-refractivity contribution in [1.82, 2.24) is 19.7 Å². The van der Waals surface area contributed by atoms with Crippen molar-refractivity contribution in [2.24, 2.45) is 5.92 Å². The number of nitrogens with zero attached hydrogens (tertiary/aromatic N) is 4. The number of carbonyl (C=O) groups is 2. The van der Waals surface area contributed by atoms with Gasteiger partial charge in [-0.25, -0.2) is 9.67 Å². The smallest absolute Gasteiger partial charge is 0.276 e. The van der Waals surface area contributed by atoms with Gasteiger partial charge in [0.15, 0.2) is 0 Å². The van der Waals surface area contributed by atoms with E-state index in [1.807, 2.05) is 12.3 Å². The predicted octanol–water partition coefficient (Wildman–Crippen LogP) is 3.90. The molecular weight excluding hydrogens is 386 g/mol. The van der Waals surface area contributed by atoms with Crippen LogP contribution < -0.4 is 5.32 Å². The monoisotopic (exact) mass is 415 g/mol. The molecule has 0 atom stereocenters. The lowest BCUT2D eigenvalue weighted by Gasteiger charge is -2.34. The van der Waals surface area contributed by atoms with Crippen LogP contribution in [0.5, 0.6) is 0 Å². The highest BCUT2D eigenvalue weighted by molar-refractivity contribution is 7.10. The van der Waals surface area contributed by atoms with Gasteiger partial charge in [0.1, 0.15) is 11.5 Å². The van der Waals surface area contributed by atoms with Gasteiger partial charge in [0.05, 0.1) is 11.2 Å². The van der Waals surface area contributed by atoms with E-state index in [1.165, 1.54) is 19.3 Å². The average molecular weight is 416 g/mol. The lowest BCUT2D eigenvalue weighted by molar-refractivity contribution is -0.137. The van der Waals surface area contributed by atoms with E-state index in [9.17, 15) is 9.59 Å². The topological polar surface area (TPSA) is 80.1 Å². The molecule has 29 heavy (non-hydrogen) atoms. The van der Waals surface area contributed by atoms with Gasteiger partial charge in [0.2, 0.25) is 5.91 Å². The third-order valence-electron chi connectivity index (χ3n) is 6.12. The molecular formula is C21H29N5O2S. The zero-order valence-electron chi connectivity index (χ0n) is 17.0. The molecule has 0 aromatic carbocycles. The molecule has 1 saturated carbocycles. The summed E-state index contributed by atoms with van der Waals surface area (Å²) in [6, 6.07) is 1.79. The zero-order valence-corrected chi connectivity index (χ0v) is 17.8. The highest BCUT2D eigenvalue weighted by Gasteiger charge is 2.30. The van der Waals surface area contributed by atoms with Crippen LogP contribution in [0.15, 0.2) is 17.6 Å². The molecule has 0 radical (unpaired) electrons. The maximum Gasteiger partial charge on any atom is 0.276 e. The van der Waals surface area contributed by atoms with Crippen LogP contribution in [0, 0.1) is 5.92 Å². The van der Waals surface area contributed by atoms with Crippen LogP contribution in [0.1, 0.15) is 73.3 Å². The second kappa shape index (κ2) is 9.07. The predicted molar refractivity (Wildman–Crippen MR) is 113 cm³/mol. The maximum atomic E-state index is 12.7. The molecule has 2 fully saturated rings. The lowest BCUT2D eigenvalue weighted by atomic mass is 9.87. The molecule has 1 aliphatic heterocycles. The van der Waals surface area contributed by atoms with E-state index in [4.69, 9.17) is 0 Å². The molecule has 156 valence electrons. The Morgan fingerprint density at radius 2 is 1.93 bits per heavy atom. The second-order valence-electron chi connectivity index (χ2n) is 7.99. The Morgan fingerprint density at radius 1 is 1.17 bits per heavy atom. The van der Waals surface area contributed by atoms with Crippen LogP contribution in [-0.4, -0.2) is 44.6 Å². The van der Waals surface area contributed by atoms with E-state index >= 15 is 0 Å². The molecule has 1 saturated heterocycles. The maximum absolute atomic E-state index is 12.7. The van der Waals surface area contributed by atoms with Crippen molar-refractivity contribution in [3.05, 3.63) is 28.3 Å². The molecule has 2 aliphatic rings. The number of thiazole rings is 1. The van der Waals surface area contributed by atoms with Crippen molar-refractivity contribution in [2.75, 3.05) is 18.4 Å². The number of hydrogen-bond donors (Lipinski definition) is 1. The third-order valence-corrected chi connectivity index (χ3v) is 7.13. The number of aryl methyl sites for hydroxylation is 1. The van der Waals surface area contributed by atoms with Gasteiger partial charge in [-0.1, -0.05) is 19.3 Å². The normalized spacial score (nSPS) is 18.7. The van der Waals surface area contributed by atoms with E-state index in [0.717, 1.165) is 43.8 Å². The number of rotatable bonds is 5. The van der Waals surface area contributed by atoms with Gasteiger partial charge in [-0.05, 0) is 32.6 Å². The van der Waals surface area contributed by atoms with Gasteiger partial charge < -0.3 is 10.2 Å². The summed E-state index contributed by atoms with van der Waals surface area (Å²) in [7, 11) is 0. The lowest BCUT2D eigenvalue weighted by Crippen LogP contribution is -2.41. The van der Waals surface area contributed by atoms with Crippen molar-refractivity contribution in [1.29, 1.82) is 0 Å². The number of aromatic nitrogens is 3. The number of carbonyl (C=O) groups excluding carboxylic acids is 2. The minimum Gasteiger partial charge on any atom is -0.342 e. The summed E-state index contributed by atoms with van der Waals surface area (Å²) < 4.78 is 1.74. The Kier molecular flexibility index (Phi) is 6.28. The molecule has 1 aliphatic carbocycles. The molecule has 2 aromatic rings. The van der Waals surface area contributed by atoms with E-state index < -0.39 is 0 Å². The minimum atomic E-state index is -0.201. The van der Waals surface area contributed by atoms with E-state index in [2.05, 4.69) is 20.3 Å². The Hall–Kier alpha value is -2.22. The van der Waals surface area contributed by atoms with Gasteiger partial charge in [-0.2, -0.15) is 5.10 Å². The molecule has 4 rings (SSSR count). The first-order chi connectivity index (χ1) is 14.2. The molecule has 2 amide bonds. The standard InChI is InChI=1S/C21H29N5O2S/c1-2-26-18(8-11-22-26)24-19(27)17-14-29-20(23-17)15-9-12-25(13-10-15)21(28)16-6-4-3-5-7-16/h8,11,14-16H,2-7,9-10,12-13H2,1H3,(H,24,27). The van der Waals surface area contributed by atoms with Crippen LogP contribution in [0.2, 0.25) is 0 Å². The second-order valence-corrected chi connectivity index (χ2v) is 8.88. The van der Waals surface area contributed by atoms with Crippen LogP contribution in [-0.2, 0) is 11.3 Å². The number of likely N-dealkylation sites (tertiary alicyclic amines) is 1. The fraction of sp³-hybridized carbons (Fsp3) is 0.619. The van der Waals surface area contributed by atoms with Gasteiger partial charge in [0.25, 0.3) is 5.91 Å². The summed E-state index contributed by atoms with van der Waals surface area (Å²) in [6.45, 7) is 4.28. The van der Waals surface area contributed by atoms with Gasteiger partial charge in [0, 0.05) is 42.9 Å². The molecule has 0 unspecified atom stereocenters. The van der Waals surface area contributed by atoms with Crippen molar-refractivity contribution >= 4 is 29.0 Å². The molecule has 2 aromatic heterocycles. The summed E-state index contributed by atoms with van der Waals surface area (Å²) in [5.74, 6) is 1.41. The number of anilines is 1. The van der Waals surface area contributed by atoms with Crippen LogP contribution in [0.25, 0.3) is 0 Å². The van der Waals surface area contributed by atoms with Crippen LogP contribution in [0.3, 0.4) is 0 Å². The summed E-state index contributed by atoms with van der Waals surface area (Å²) in [6.07, 6.45) is 9.29. The van der Waals surface area contributed by atoms with Crippen LogP contribution in [0.4, 0.5) is 5.82 Å². The van der Waals surface area contributed by atoms with Crippen molar-refractivity contribution in [3.63, 3.8) is 0 Å². The van der Waals surface area contributed by atoms with Gasteiger partial charge in [-0.15, -0.1) is 11.3 Å². The quantitative estimate of drug-likeness (QED) is 0.803. The Bertz CT molecular complexity index is 847. The molecule has 8 heteroatoms. The summed E-state index contributed by atoms with van der Waals surface area (Å²) in [4.78, 5) is 31.9. The molecule has 3 heterocycles. The molecule has 0 spiro atoms. The highest BCUT2D eigenvalue weighted by Crippen LogP contribution is 2.32.